The number of aromatic amines is 1. The van der Waals surface area contributed by atoms with Crippen LogP contribution in [0.3, 0.4) is 0 Å². The molecule has 124 valence electrons. The molecule has 2 aliphatic heterocycles. The first-order valence-electron chi connectivity index (χ1n) is 8.62. The molecule has 6 nitrogen and oxygen atoms in total. The largest absolute Gasteiger partial charge is 0.357 e. The Labute approximate surface area is 145 Å². The zero-order chi connectivity index (χ0) is 16.8. The number of fused-ring (bicyclic) bond motifs is 1. The fourth-order valence-corrected chi connectivity index (χ4v) is 3.56. The molecule has 1 saturated heterocycles. The van der Waals surface area contributed by atoms with Crippen LogP contribution in [0.5, 0.6) is 0 Å². The molecule has 0 atom stereocenters. The molecule has 0 spiro atoms. The molecule has 25 heavy (non-hydrogen) atoms. The van der Waals surface area contributed by atoms with E-state index in [1.165, 1.54) is 24.0 Å². The summed E-state index contributed by atoms with van der Waals surface area (Å²) in [6.45, 7) is 2.14. The van der Waals surface area contributed by atoms with Gasteiger partial charge in [-0.2, -0.15) is 5.10 Å². The first kappa shape index (κ1) is 14.3. The number of hydrogen-bond donors (Lipinski definition) is 1. The van der Waals surface area contributed by atoms with Crippen LogP contribution in [-0.2, 0) is 0 Å². The molecule has 5 rings (SSSR count). The number of H-pyrrole nitrogens is 1. The van der Waals surface area contributed by atoms with Gasteiger partial charge in [-0.25, -0.2) is 14.5 Å². The summed E-state index contributed by atoms with van der Waals surface area (Å²) in [6.07, 6.45) is 8.35. The minimum absolute atomic E-state index is 0.865. The highest BCUT2D eigenvalue weighted by Gasteiger charge is 2.19. The Morgan fingerprint density at radius 2 is 1.96 bits per heavy atom. The lowest BCUT2D eigenvalue weighted by Gasteiger charge is -2.16. The molecular formula is C19H19N6+. The zero-order valence-corrected chi connectivity index (χ0v) is 14.1. The van der Waals surface area contributed by atoms with Crippen LogP contribution in [0.15, 0.2) is 36.8 Å². The first-order chi connectivity index (χ1) is 12.3. The number of nitrogens with zero attached hydrogens (tertiary/aromatic N) is 5. The second kappa shape index (κ2) is 5.51. The third-order valence-electron chi connectivity index (χ3n) is 4.91. The van der Waals surface area contributed by atoms with Crippen LogP contribution in [0.2, 0.25) is 0 Å². The Morgan fingerprint density at radius 3 is 2.76 bits per heavy atom. The summed E-state index contributed by atoms with van der Waals surface area (Å²) in [5.41, 5.74) is 5.20. The topological polar surface area (TPSA) is 60.7 Å². The second-order valence-electron chi connectivity index (χ2n) is 6.67. The summed E-state index contributed by atoms with van der Waals surface area (Å²) in [7, 11) is 2.03. The van der Waals surface area contributed by atoms with Crippen LogP contribution >= 0.6 is 0 Å². The minimum atomic E-state index is 0.865. The lowest BCUT2D eigenvalue weighted by atomic mass is 10.0. The van der Waals surface area contributed by atoms with Crippen molar-refractivity contribution in [3.8, 4) is 11.4 Å². The van der Waals surface area contributed by atoms with E-state index in [1.807, 2.05) is 7.05 Å². The van der Waals surface area contributed by atoms with Gasteiger partial charge in [-0.05, 0) is 30.5 Å². The van der Waals surface area contributed by atoms with Crippen molar-refractivity contribution in [2.45, 2.75) is 12.8 Å². The van der Waals surface area contributed by atoms with Crippen LogP contribution < -0.4 is 4.90 Å². The first-order valence-corrected chi connectivity index (χ1v) is 8.62. The van der Waals surface area contributed by atoms with E-state index in [0.29, 0.717) is 0 Å². The smallest absolute Gasteiger partial charge is 0.182 e. The number of aromatic nitrogens is 4. The number of allylic oxidation sites excluding steroid dienone is 1. The van der Waals surface area contributed by atoms with Gasteiger partial charge in [0, 0.05) is 24.5 Å². The Hall–Kier alpha value is -3.02. The van der Waals surface area contributed by atoms with Crippen LogP contribution in [-0.4, -0.2) is 51.1 Å². The molecule has 0 amide bonds. The predicted octanol–water partition coefficient (Wildman–Crippen LogP) is 2.69. The van der Waals surface area contributed by atoms with Gasteiger partial charge in [-0.1, -0.05) is 6.07 Å². The van der Waals surface area contributed by atoms with Gasteiger partial charge >= 0.3 is 0 Å². The standard InChI is InChI=1S/C19H19N6/c1-24-10-14(11-24)13-4-5-16-15(8-13)19(23-22-16)17-9-18(21-12-20-17)25-6-2-3-7-25/h4-5,8-12H,2-3,6-7H2,1H3,(H,22,23)/q+1. The molecule has 0 radical (unpaired) electrons. The normalized spacial score (nSPS) is 16.8. The summed E-state index contributed by atoms with van der Waals surface area (Å²) < 4.78 is 2.06. The molecule has 2 aliphatic rings. The summed E-state index contributed by atoms with van der Waals surface area (Å²) >= 11 is 0. The van der Waals surface area contributed by atoms with E-state index in [0.717, 1.165) is 41.2 Å². The van der Waals surface area contributed by atoms with Gasteiger partial charge < -0.3 is 4.90 Å². The number of anilines is 1. The van der Waals surface area contributed by atoms with Crippen LogP contribution in [0.25, 0.3) is 27.9 Å². The minimum Gasteiger partial charge on any atom is -0.357 e. The van der Waals surface area contributed by atoms with E-state index in [1.54, 1.807) is 6.33 Å². The van der Waals surface area contributed by atoms with Crippen molar-refractivity contribution >= 4 is 28.5 Å². The monoisotopic (exact) mass is 331 g/mol. The van der Waals surface area contributed by atoms with Gasteiger partial charge in [0.05, 0.1) is 11.2 Å². The van der Waals surface area contributed by atoms with Crippen molar-refractivity contribution in [2.75, 3.05) is 25.0 Å². The molecule has 1 N–H and O–H groups in total. The van der Waals surface area contributed by atoms with E-state index < -0.39 is 0 Å². The molecule has 0 aliphatic carbocycles. The van der Waals surface area contributed by atoms with E-state index in [9.17, 15) is 0 Å². The number of rotatable bonds is 3. The quantitative estimate of drug-likeness (QED) is 0.750. The zero-order valence-electron chi connectivity index (χ0n) is 14.1. The van der Waals surface area contributed by atoms with Crippen molar-refractivity contribution in [1.29, 1.82) is 0 Å². The van der Waals surface area contributed by atoms with E-state index in [2.05, 4.69) is 66.3 Å². The molecule has 4 heterocycles. The van der Waals surface area contributed by atoms with Crippen LogP contribution in [0.4, 0.5) is 5.82 Å². The molecule has 3 aromatic rings. The SMILES string of the molecule is C[N+]1=CC(c2ccc3[nH]nc(-c4cc(N5CCCC5)ncn4)c3c2)=C1. The Balaban J connectivity index is 1.57. The molecule has 0 saturated carbocycles. The molecular weight excluding hydrogens is 312 g/mol. The maximum atomic E-state index is 4.52. The van der Waals surface area contributed by atoms with Crippen molar-refractivity contribution < 1.29 is 4.58 Å². The third-order valence-corrected chi connectivity index (χ3v) is 4.91. The fraction of sp³-hybridized carbons (Fsp3) is 0.263. The molecule has 1 fully saturated rings. The van der Waals surface area contributed by atoms with E-state index in [4.69, 9.17) is 0 Å². The van der Waals surface area contributed by atoms with Crippen molar-refractivity contribution in [3.63, 3.8) is 0 Å². The van der Waals surface area contributed by atoms with Crippen LogP contribution in [0.1, 0.15) is 18.4 Å². The molecule has 0 bridgehead atoms. The second-order valence-corrected chi connectivity index (χ2v) is 6.67. The van der Waals surface area contributed by atoms with E-state index >= 15 is 0 Å². The van der Waals surface area contributed by atoms with Gasteiger partial charge in [0.1, 0.15) is 30.5 Å². The van der Waals surface area contributed by atoms with Crippen molar-refractivity contribution in [3.05, 3.63) is 42.4 Å². The highest BCUT2D eigenvalue weighted by atomic mass is 15.2. The summed E-state index contributed by atoms with van der Waals surface area (Å²) in [4.78, 5) is 11.2. The van der Waals surface area contributed by atoms with Gasteiger partial charge in [-0.3, -0.25) is 5.10 Å². The van der Waals surface area contributed by atoms with Gasteiger partial charge in [-0.15, -0.1) is 0 Å². The lowest BCUT2D eigenvalue weighted by molar-refractivity contribution is -0.423. The predicted molar refractivity (Wildman–Crippen MR) is 98.8 cm³/mol. The summed E-state index contributed by atoms with van der Waals surface area (Å²) in [5.74, 6) is 0.992. The number of nitrogens with one attached hydrogen (secondary N) is 1. The van der Waals surface area contributed by atoms with Gasteiger partial charge in [0.2, 0.25) is 0 Å². The summed E-state index contributed by atoms with van der Waals surface area (Å²) in [6, 6.07) is 8.43. The van der Waals surface area contributed by atoms with E-state index in [-0.39, 0.29) is 0 Å². The number of hydrogen-bond acceptors (Lipinski definition) is 4. The Bertz CT molecular complexity index is 1020. The maximum absolute atomic E-state index is 4.52. The molecule has 6 heteroatoms. The maximum Gasteiger partial charge on any atom is 0.182 e. The molecule has 2 aromatic heterocycles. The van der Waals surface area contributed by atoms with Gasteiger partial charge in [0.15, 0.2) is 12.4 Å². The van der Waals surface area contributed by atoms with Crippen molar-refractivity contribution in [1.82, 2.24) is 20.2 Å². The summed E-state index contributed by atoms with van der Waals surface area (Å²) in [5, 5.41) is 8.73. The number of benzene rings is 1. The van der Waals surface area contributed by atoms with Gasteiger partial charge in [0.25, 0.3) is 0 Å². The highest BCUT2D eigenvalue weighted by molar-refractivity contribution is 6.11. The van der Waals surface area contributed by atoms with Crippen LogP contribution in [0, 0.1) is 0 Å². The third kappa shape index (κ3) is 2.41. The highest BCUT2D eigenvalue weighted by Crippen LogP contribution is 2.30. The molecule has 1 aromatic carbocycles. The Kier molecular flexibility index (Phi) is 3.16. The molecule has 0 unspecified atom stereocenters. The fourth-order valence-electron chi connectivity index (χ4n) is 3.56. The average Bonchev–Trinajstić information content (AvgIpc) is 3.28. The Morgan fingerprint density at radius 1 is 1.12 bits per heavy atom. The van der Waals surface area contributed by atoms with Crippen molar-refractivity contribution in [2.24, 2.45) is 0 Å². The average molecular weight is 331 g/mol. The lowest BCUT2D eigenvalue weighted by Crippen LogP contribution is -2.19.